The lowest BCUT2D eigenvalue weighted by Crippen LogP contribution is -2.44. The summed E-state index contributed by atoms with van der Waals surface area (Å²) in [5, 5.41) is 33.9. The zero-order valence-electron chi connectivity index (χ0n) is 45.4. The molecule has 4 atom stereocenters. The van der Waals surface area contributed by atoms with Gasteiger partial charge in [-0.05, 0) is 133 Å². The van der Waals surface area contributed by atoms with E-state index in [1.54, 1.807) is 34.1 Å². The molecule has 3 heterocycles. The summed E-state index contributed by atoms with van der Waals surface area (Å²) >= 11 is 12.1. The van der Waals surface area contributed by atoms with E-state index in [-0.39, 0.29) is 55.1 Å². The van der Waals surface area contributed by atoms with Gasteiger partial charge in [0.25, 0.3) is 5.91 Å². The van der Waals surface area contributed by atoms with Gasteiger partial charge in [-0.1, -0.05) is 132 Å². The van der Waals surface area contributed by atoms with E-state index in [0.717, 1.165) is 22.3 Å². The molecule has 434 valence electrons. The highest BCUT2D eigenvalue weighted by Gasteiger charge is 2.36. The van der Waals surface area contributed by atoms with Gasteiger partial charge < -0.3 is 40.5 Å². The molecule has 83 heavy (non-hydrogen) atoms. The number of H-pyrrole nitrogens is 1. The number of likely N-dealkylation sites (tertiary alicyclic amines) is 2. The first kappa shape index (κ1) is 60.9. The molecule has 9 rings (SSSR count). The maximum absolute atomic E-state index is 14.4. The van der Waals surface area contributed by atoms with E-state index in [0.29, 0.717) is 103 Å². The van der Waals surface area contributed by atoms with Crippen LogP contribution in [0.15, 0.2) is 152 Å². The van der Waals surface area contributed by atoms with E-state index >= 15 is 0 Å². The molecule has 6 aromatic carbocycles. The molecule has 3 amide bonds. The average Bonchev–Trinajstić information content (AvgIpc) is 4.19. The lowest BCUT2D eigenvalue weighted by Gasteiger charge is -2.35. The molecule has 2 saturated heterocycles. The summed E-state index contributed by atoms with van der Waals surface area (Å²) in [6.07, 6.45) is 3.97. The Balaban J connectivity index is 0.000000220. The minimum atomic E-state index is -0.965. The van der Waals surface area contributed by atoms with Gasteiger partial charge in [0.05, 0.1) is 18.0 Å². The number of nitrogens with one attached hydrogen (secondary N) is 2. The molecule has 20 heteroatoms. The number of hydrogen-bond donors (Lipinski definition) is 5. The van der Waals surface area contributed by atoms with Crippen molar-refractivity contribution in [3.05, 3.63) is 201 Å². The van der Waals surface area contributed by atoms with Crippen LogP contribution < -0.4 is 11.1 Å². The third-order valence-corrected chi connectivity index (χ3v) is 15.7. The predicted octanol–water partition coefficient (Wildman–Crippen LogP) is 11.9. The van der Waals surface area contributed by atoms with Crippen LogP contribution in [0.5, 0.6) is 0 Å². The van der Waals surface area contributed by atoms with Gasteiger partial charge in [-0.2, -0.15) is 15.4 Å². The van der Waals surface area contributed by atoms with E-state index in [1.165, 1.54) is 30.5 Å². The number of nitrogens with two attached hydrogens (primary N) is 1. The fourth-order valence-electron chi connectivity index (χ4n) is 10.7. The number of nitrogens with zero attached hydrogens (tertiary/aromatic N) is 4. The van der Waals surface area contributed by atoms with Crippen LogP contribution in [0.3, 0.4) is 0 Å². The Morgan fingerprint density at radius 2 is 1.04 bits per heavy atom. The van der Waals surface area contributed by atoms with Gasteiger partial charge in [0, 0.05) is 59.4 Å². The summed E-state index contributed by atoms with van der Waals surface area (Å²) in [5.74, 6) is -4.69. The molecule has 16 nitrogen and oxygen atoms in total. The summed E-state index contributed by atoms with van der Waals surface area (Å²) in [4.78, 5) is 65.9. The maximum atomic E-state index is 14.4. The molecule has 2 aliphatic heterocycles. The Morgan fingerprint density at radius 3 is 1.46 bits per heavy atom. The Kier molecular flexibility index (Phi) is 21.8. The van der Waals surface area contributed by atoms with Gasteiger partial charge >= 0.3 is 24.1 Å². The molecule has 1 aromatic heterocycles. The van der Waals surface area contributed by atoms with Gasteiger partial charge in [-0.3, -0.25) is 14.4 Å². The average molecular weight is 1170 g/mol. The van der Waals surface area contributed by atoms with Crippen molar-refractivity contribution in [2.45, 2.75) is 76.7 Å². The summed E-state index contributed by atoms with van der Waals surface area (Å²) in [7, 11) is 0. The standard InChI is InChI=1S/C33H33ClFN5O5.C30H32ClFN2O4/c34-25-10-11-29(35)27(17-25)23-8-6-21(7-9-23)16-26(37-31(41)30-19-36-39-38-30)18-28(32(42)43)24-12-14-40(15-13-24)33(44)45-20-22-4-2-1-3-5-22;31-24-10-11-28(32)26(17-24)22-8-6-20(7-9-22)16-25(33)18-27(29(35)36)23-12-14-34(15-13-23)30(37)38-19-21-4-2-1-3-5-21/h1-11,17,19,24,26,28H,12-16,18,20H2,(H,37,41)(H,42,43)(H,36,38,39);1-11,17,23,25,27H,12-16,18-19,33H2,(H,35,36)/t26-,28?;25-,27?/m11/s1. The van der Waals surface area contributed by atoms with Crippen molar-refractivity contribution < 1.29 is 52.4 Å². The van der Waals surface area contributed by atoms with E-state index in [4.69, 9.17) is 38.4 Å². The molecule has 2 unspecified atom stereocenters. The zero-order valence-corrected chi connectivity index (χ0v) is 46.9. The van der Waals surface area contributed by atoms with Crippen LogP contribution in [0.1, 0.15) is 71.3 Å². The molecular weight excluding hydrogens is 1110 g/mol. The molecular formula is C63H65Cl2F2N7O9. The highest BCUT2D eigenvalue weighted by Crippen LogP contribution is 2.33. The number of benzene rings is 6. The number of halogens is 4. The molecule has 0 spiro atoms. The molecule has 7 aromatic rings. The minimum absolute atomic E-state index is 0.0649. The molecule has 0 saturated carbocycles. The van der Waals surface area contributed by atoms with Crippen LogP contribution in [-0.4, -0.2) is 104 Å². The highest BCUT2D eigenvalue weighted by molar-refractivity contribution is 6.31. The highest BCUT2D eigenvalue weighted by atomic mass is 35.5. The van der Waals surface area contributed by atoms with Crippen LogP contribution in [0.4, 0.5) is 18.4 Å². The molecule has 6 N–H and O–H groups in total. The first-order valence-electron chi connectivity index (χ1n) is 27.4. The van der Waals surface area contributed by atoms with Gasteiger partial charge in [0.15, 0.2) is 5.69 Å². The number of aliphatic carboxylic acids is 2. The first-order chi connectivity index (χ1) is 40.1. The second kappa shape index (κ2) is 29.7. The lowest BCUT2D eigenvalue weighted by atomic mass is 9.79. The number of carboxylic acid groups (broad SMARTS) is 2. The van der Waals surface area contributed by atoms with Crippen molar-refractivity contribution in [2.75, 3.05) is 26.2 Å². The van der Waals surface area contributed by atoms with Gasteiger partial charge in [-0.15, -0.1) is 0 Å². The van der Waals surface area contributed by atoms with Crippen molar-refractivity contribution in [2.24, 2.45) is 29.4 Å². The van der Waals surface area contributed by atoms with Gasteiger partial charge in [0.2, 0.25) is 0 Å². The Morgan fingerprint density at radius 1 is 0.602 bits per heavy atom. The van der Waals surface area contributed by atoms with Crippen LogP contribution in [0.25, 0.3) is 22.3 Å². The maximum Gasteiger partial charge on any atom is 0.410 e. The molecule has 2 aliphatic rings. The number of aromatic amines is 1. The number of piperidine rings is 2. The summed E-state index contributed by atoms with van der Waals surface area (Å²) in [5.41, 5.74) is 12.2. The van der Waals surface area contributed by atoms with Gasteiger partial charge in [0.1, 0.15) is 24.8 Å². The van der Waals surface area contributed by atoms with Crippen LogP contribution in [0, 0.1) is 35.3 Å². The van der Waals surface area contributed by atoms with Crippen LogP contribution in [0.2, 0.25) is 10.0 Å². The van der Waals surface area contributed by atoms with Crippen molar-refractivity contribution in [3.63, 3.8) is 0 Å². The van der Waals surface area contributed by atoms with E-state index in [2.05, 4.69) is 20.7 Å². The van der Waals surface area contributed by atoms with Crippen molar-refractivity contribution >= 4 is 53.2 Å². The largest absolute Gasteiger partial charge is 0.481 e. The predicted molar refractivity (Wildman–Crippen MR) is 310 cm³/mol. The number of carboxylic acids is 2. The fraction of sp³-hybridized carbons (Fsp3) is 0.317. The number of ether oxygens (including phenoxy) is 2. The van der Waals surface area contributed by atoms with Crippen molar-refractivity contribution in [1.82, 2.24) is 30.5 Å². The van der Waals surface area contributed by atoms with Gasteiger partial charge in [-0.25, -0.2) is 18.4 Å². The molecule has 0 aliphatic carbocycles. The smallest absolute Gasteiger partial charge is 0.410 e. The topological polar surface area (TPSA) is 230 Å². The fourth-order valence-corrected chi connectivity index (χ4v) is 11.1. The number of carbonyl (C=O) groups excluding carboxylic acids is 3. The Bertz CT molecular complexity index is 3260. The molecule has 2 fully saturated rings. The summed E-state index contributed by atoms with van der Waals surface area (Å²) < 4.78 is 39.5. The van der Waals surface area contributed by atoms with Crippen molar-refractivity contribution in [3.8, 4) is 22.3 Å². The zero-order chi connectivity index (χ0) is 58.8. The number of hydrogen-bond acceptors (Lipinski definition) is 10. The minimum Gasteiger partial charge on any atom is -0.481 e. The third-order valence-electron chi connectivity index (χ3n) is 15.2. The lowest BCUT2D eigenvalue weighted by molar-refractivity contribution is -0.145. The van der Waals surface area contributed by atoms with E-state index < -0.39 is 47.6 Å². The monoisotopic (exact) mass is 1170 g/mol. The third kappa shape index (κ3) is 17.7. The number of rotatable bonds is 20. The SMILES string of the molecule is N[C@H](Cc1ccc(-c2cc(Cl)ccc2F)cc1)CC(C(=O)O)C1CCN(C(=O)OCc2ccccc2)CC1.O=C(N[C@H](Cc1ccc(-c2cc(Cl)ccc2F)cc1)CC(C(=O)O)C1CCN(C(=O)OCc2ccccc2)CC1)c1cn[nH]n1. The van der Waals surface area contributed by atoms with Crippen LogP contribution in [-0.2, 0) is 45.1 Å². The number of aromatic nitrogens is 3. The molecule has 0 bridgehead atoms. The Labute approximate surface area is 489 Å². The summed E-state index contributed by atoms with van der Waals surface area (Å²) in [6, 6.07) is 41.3. The Hall–Kier alpha value is -8.19. The first-order valence-corrected chi connectivity index (χ1v) is 28.2. The van der Waals surface area contributed by atoms with Crippen molar-refractivity contribution in [1.29, 1.82) is 0 Å². The van der Waals surface area contributed by atoms with E-state index in [1.807, 2.05) is 97.1 Å². The quantitative estimate of drug-likeness (QED) is 0.0480. The second-order valence-electron chi connectivity index (χ2n) is 20.9. The number of carbonyl (C=O) groups is 5. The van der Waals surface area contributed by atoms with E-state index in [9.17, 15) is 43.0 Å². The number of amides is 3. The summed E-state index contributed by atoms with van der Waals surface area (Å²) in [6.45, 7) is 2.04. The van der Waals surface area contributed by atoms with Crippen LogP contribution >= 0.6 is 23.2 Å². The normalized spacial score (nSPS) is 15.2. The second-order valence-corrected chi connectivity index (χ2v) is 21.8. The molecule has 0 radical (unpaired) electrons.